The average molecular weight is 237 g/mol. The van der Waals surface area contributed by atoms with Gasteiger partial charge in [0, 0.05) is 24.9 Å². The van der Waals surface area contributed by atoms with Gasteiger partial charge in [-0.3, -0.25) is 9.69 Å². The minimum atomic E-state index is 0.325. The van der Waals surface area contributed by atoms with Crippen LogP contribution in [0.1, 0.15) is 52.9 Å². The van der Waals surface area contributed by atoms with Gasteiger partial charge in [0.15, 0.2) is 0 Å². The van der Waals surface area contributed by atoms with Crippen molar-refractivity contribution < 1.29 is 4.79 Å². The number of hydrogen-bond acceptors (Lipinski definition) is 2. The summed E-state index contributed by atoms with van der Waals surface area (Å²) in [6.45, 7) is 9.20. The Morgan fingerprint density at radius 1 is 1.24 bits per heavy atom. The third kappa shape index (κ3) is 3.09. The Balaban J connectivity index is 1.92. The number of nitrogens with zero attached hydrogens (tertiary/aromatic N) is 1. The van der Waals surface area contributed by atoms with Crippen LogP contribution in [-0.2, 0) is 4.79 Å². The average Bonchev–Trinajstić information content (AvgIpc) is 2.30. The Morgan fingerprint density at radius 3 is 2.76 bits per heavy atom. The van der Waals surface area contributed by atoms with Crippen LogP contribution in [0, 0.1) is 17.8 Å². The van der Waals surface area contributed by atoms with Crippen LogP contribution in [0.5, 0.6) is 0 Å². The van der Waals surface area contributed by atoms with Gasteiger partial charge < -0.3 is 0 Å². The Labute approximate surface area is 106 Å². The molecule has 2 rings (SSSR count). The summed E-state index contributed by atoms with van der Waals surface area (Å²) in [5.74, 6) is 2.38. The van der Waals surface area contributed by atoms with Crippen molar-refractivity contribution >= 4 is 5.78 Å². The number of hydrogen-bond donors (Lipinski definition) is 0. The van der Waals surface area contributed by atoms with Gasteiger partial charge in [0.1, 0.15) is 5.78 Å². The van der Waals surface area contributed by atoms with E-state index in [1.54, 1.807) is 0 Å². The fourth-order valence-electron chi connectivity index (χ4n) is 3.47. The van der Waals surface area contributed by atoms with Gasteiger partial charge in [-0.15, -0.1) is 0 Å². The zero-order chi connectivity index (χ0) is 12.4. The lowest BCUT2D eigenvalue weighted by Crippen LogP contribution is -2.46. The fourth-order valence-corrected chi connectivity index (χ4v) is 3.47. The summed E-state index contributed by atoms with van der Waals surface area (Å²) in [5.41, 5.74) is 0. The number of likely N-dealkylation sites (tertiary alicyclic amines) is 1. The SMILES string of the molecule is CC1CCC(=O)C(CN2CCCC(C)C2C)C1. The van der Waals surface area contributed by atoms with Crippen LogP contribution >= 0.6 is 0 Å². The molecule has 2 nitrogen and oxygen atoms in total. The van der Waals surface area contributed by atoms with Gasteiger partial charge >= 0.3 is 0 Å². The molecule has 17 heavy (non-hydrogen) atoms. The topological polar surface area (TPSA) is 20.3 Å². The maximum Gasteiger partial charge on any atom is 0.137 e. The summed E-state index contributed by atoms with van der Waals surface area (Å²) < 4.78 is 0. The van der Waals surface area contributed by atoms with Crippen molar-refractivity contribution in [3.05, 3.63) is 0 Å². The van der Waals surface area contributed by atoms with Crippen molar-refractivity contribution in [2.75, 3.05) is 13.1 Å². The van der Waals surface area contributed by atoms with E-state index < -0.39 is 0 Å². The lowest BCUT2D eigenvalue weighted by Gasteiger charge is -2.40. The number of carbonyl (C=O) groups is 1. The quantitative estimate of drug-likeness (QED) is 0.735. The highest BCUT2D eigenvalue weighted by Gasteiger charge is 2.31. The lowest BCUT2D eigenvalue weighted by atomic mass is 9.80. The first-order chi connectivity index (χ1) is 8.08. The number of ketones is 1. The van der Waals surface area contributed by atoms with Crippen LogP contribution < -0.4 is 0 Å². The standard InChI is InChI=1S/C15H27NO/c1-11-6-7-15(17)14(9-11)10-16-8-4-5-12(2)13(16)3/h11-14H,4-10H2,1-3H3. The van der Waals surface area contributed by atoms with Gasteiger partial charge in [-0.1, -0.05) is 13.8 Å². The molecule has 4 atom stereocenters. The lowest BCUT2D eigenvalue weighted by molar-refractivity contribution is -0.126. The molecule has 0 radical (unpaired) electrons. The van der Waals surface area contributed by atoms with Crippen molar-refractivity contribution in [1.82, 2.24) is 4.90 Å². The molecule has 1 aliphatic heterocycles. The number of rotatable bonds is 2. The third-order valence-electron chi connectivity index (χ3n) is 4.98. The van der Waals surface area contributed by atoms with Crippen LogP contribution in [0.3, 0.4) is 0 Å². The second-order valence-electron chi connectivity index (χ2n) is 6.40. The molecular formula is C15H27NO. The minimum absolute atomic E-state index is 0.325. The van der Waals surface area contributed by atoms with Crippen LogP contribution in [0.25, 0.3) is 0 Å². The summed E-state index contributed by atoms with van der Waals surface area (Å²) in [5, 5.41) is 0. The molecule has 2 fully saturated rings. The molecule has 0 bridgehead atoms. The highest BCUT2D eigenvalue weighted by atomic mass is 16.1. The van der Waals surface area contributed by atoms with Crippen molar-refractivity contribution in [3.63, 3.8) is 0 Å². The molecule has 0 aromatic rings. The van der Waals surface area contributed by atoms with Crippen LogP contribution in [-0.4, -0.2) is 29.8 Å². The van der Waals surface area contributed by atoms with E-state index in [1.807, 2.05) is 0 Å². The second kappa shape index (κ2) is 5.51. The van der Waals surface area contributed by atoms with E-state index in [1.165, 1.54) is 19.4 Å². The van der Waals surface area contributed by atoms with Crippen LogP contribution in [0.4, 0.5) is 0 Å². The normalized spacial score (nSPS) is 40.5. The first-order valence-corrected chi connectivity index (χ1v) is 7.34. The van der Waals surface area contributed by atoms with Crippen LogP contribution in [0.15, 0.2) is 0 Å². The third-order valence-corrected chi connectivity index (χ3v) is 4.98. The van der Waals surface area contributed by atoms with E-state index in [0.717, 1.165) is 37.6 Å². The highest BCUT2D eigenvalue weighted by molar-refractivity contribution is 5.81. The first kappa shape index (κ1) is 13.1. The van der Waals surface area contributed by atoms with Gasteiger partial charge in [-0.25, -0.2) is 0 Å². The summed E-state index contributed by atoms with van der Waals surface area (Å²) in [6.07, 6.45) is 5.72. The molecule has 1 saturated carbocycles. The summed E-state index contributed by atoms with van der Waals surface area (Å²) >= 11 is 0. The van der Waals surface area contributed by atoms with E-state index in [-0.39, 0.29) is 0 Å². The first-order valence-electron chi connectivity index (χ1n) is 7.34. The van der Waals surface area contributed by atoms with Crippen molar-refractivity contribution in [2.24, 2.45) is 17.8 Å². The monoisotopic (exact) mass is 237 g/mol. The largest absolute Gasteiger partial charge is 0.300 e. The molecule has 0 spiro atoms. The van der Waals surface area contributed by atoms with Crippen molar-refractivity contribution in [1.29, 1.82) is 0 Å². The summed E-state index contributed by atoms with van der Waals surface area (Å²) in [7, 11) is 0. The highest BCUT2D eigenvalue weighted by Crippen LogP contribution is 2.29. The maximum atomic E-state index is 12.0. The van der Waals surface area contributed by atoms with Gasteiger partial charge in [0.05, 0.1) is 0 Å². The molecular weight excluding hydrogens is 210 g/mol. The molecule has 0 N–H and O–H groups in total. The Hall–Kier alpha value is -0.370. The molecule has 0 aromatic heterocycles. The molecule has 1 saturated heterocycles. The fraction of sp³-hybridized carbons (Fsp3) is 0.933. The Kier molecular flexibility index (Phi) is 4.24. The van der Waals surface area contributed by atoms with Gasteiger partial charge in [-0.05, 0) is 51.0 Å². The van der Waals surface area contributed by atoms with Gasteiger partial charge in [-0.2, -0.15) is 0 Å². The van der Waals surface area contributed by atoms with E-state index in [0.29, 0.717) is 17.7 Å². The Morgan fingerprint density at radius 2 is 2.00 bits per heavy atom. The van der Waals surface area contributed by atoms with Gasteiger partial charge in [0.25, 0.3) is 0 Å². The van der Waals surface area contributed by atoms with E-state index in [4.69, 9.17) is 0 Å². The molecule has 1 aliphatic carbocycles. The predicted molar refractivity (Wildman–Crippen MR) is 70.9 cm³/mol. The number of carbonyl (C=O) groups excluding carboxylic acids is 1. The molecule has 0 aromatic carbocycles. The van der Waals surface area contributed by atoms with Crippen molar-refractivity contribution in [3.8, 4) is 0 Å². The number of piperidine rings is 1. The van der Waals surface area contributed by atoms with Gasteiger partial charge in [0.2, 0.25) is 0 Å². The summed E-state index contributed by atoms with van der Waals surface area (Å²) in [6, 6.07) is 0.661. The smallest absolute Gasteiger partial charge is 0.137 e. The number of Topliss-reactive ketones (excluding diaryl/α,β-unsaturated/α-hetero) is 1. The zero-order valence-corrected chi connectivity index (χ0v) is 11.6. The van der Waals surface area contributed by atoms with E-state index >= 15 is 0 Å². The zero-order valence-electron chi connectivity index (χ0n) is 11.6. The van der Waals surface area contributed by atoms with E-state index in [9.17, 15) is 4.79 Å². The second-order valence-corrected chi connectivity index (χ2v) is 6.40. The summed E-state index contributed by atoms with van der Waals surface area (Å²) in [4.78, 5) is 14.5. The van der Waals surface area contributed by atoms with Crippen LogP contribution in [0.2, 0.25) is 0 Å². The molecule has 0 amide bonds. The molecule has 98 valence electrons. The maximum absolute atomic E-state index is 12.0. The molecule has 4 unspecified atom stereocenters. The molecule has 2 aliphatic rings. The minimum Gasteiger partial charge on any atom is -0.300 e. The van der Waals surface area contributed by atoms with Crippen molar-refractivity contribution in [2.45, 2.75) is 58.9 Å². The molecule has 2 heteroatoms. The molecule has 1 heterocycles. The predicted octanol–water partition coefficient (Wildman–Crippen LogP) is 3.11. The Bertz CT molecular complexity index is 276. The van der Waals surface area contributed by atoms with E-state index in [2.05, 4.69) is 25.7 Å².